The molecule has 20 heavy (non-hydrogen) atoms. The number of urea groups is 1. The maximum Gasteiger partial charge on any atom is 0.319 e. The van der Waals surface area contributed by atoms with E-state index < -0.39 is 0 Å². The number of carbonyl (C=O) groups is 1. The second-order valence-electron chi connectivity index (χ2n) is 4.57. The van der Waals surface area contributed by atoms with Gasteiger partial charge in [0.05, 0.1) is 19.6 Å². The van der Waals surface area contributed by atoms with Crippen molar-refractivity contribution in [3.63, 3.8) is 0 Å². The summed E-state index contributed by atoms with van der Waals surface area (Å²) in [5.41, 5.74) is 1.75. The number of hydrogen-bond donors (Lipinski definition) is 2. The summed E-state index contributed by atoms with van der Waals surface area (Å²) in [6.07, 6.45) is 4.03. The summed E-state index contributed by atoms with van der Waals surface area (Å²) in [5.74, 6) is 0.703. The number of methoxy groups -OCH3 is 1. The van der Waals surface area contributed by atoms with Crippen molar-refractivity contribution in [3.05, 3.63) is 48.4 Å². The van der Waals surface area contributed by atoms with Gasteiger partial charge in [-0.1, -0.05) is 6.07 Å². The molecule has 2 amide bonds. The highest BCUT2D eigenvalue weighted by Crippen LogP contribution is 2.16. The Labute approximate surface area is 117 Å². The van der Waals surface area contributed by atoms with Gasteiger partial charge in [-0.2, -0.15) is 0 Å². The van der Waals surface area contributed by atoms with Gasteiger partial charge in [0, 0.05) is 17.8 Å². The van der Waals surface area contributed by atoms with E-state index in [4.69, 9.17) is 9.15 Å². The van der Waals surface area contributed by atoms with Crippen LogP contribution in [0.15, 0.2) is 47.3 Å². The number of ether oxygens (including phenoxy) is 1. The fourth-order valence-corrected chi connectivity index (χ4v) is 1.91. The third kappa shape index (κ3) is 4.05. The fraction of sp³-hybridized carbons (Fsp3) is 0.267. The molecule has 2 rings (SSSR count). The summed E-state index contributed by atoms with van der Waals surface area (Å²) in [5, 5.41) is 5.65. The van der Waals surface area contributed by atoms with Crippen molar-refractivity contribution < 1.29 is 13.9 Å². The second kappa shape index (κ2) is 6.65. The van der Waals surface area contributed by atoms with E-state index in [-0.39, 0.29) is 12.1 Å². The van der Waals surface area contributed by atoms with Crippen LogP contribution < -0.4 is 15.4 Å². The number of nitrogens with one attached hydrogen (secondary N) is 2. The Kier molecular flexibility index (Phi) is 4.65. The average Bonchev–Trinajstić information content (AvgIpc) is 2.91. The first-order chi connectivity index (χ1) is 9.67. The van der Waals surface area contributed by atoms with Crippen LogP contribution in [0.4, 0.5) is 10.5 Å². The van der Waals surface area contributed by atoms with Crippen molar-refractivity contribution in [1.29, 1.82) is 0 Å². The minimum atomic E-state index is -0.241. The molecule has 1 aromatic carbocycles. The lowest BCUT2D eigenvalue weighted by Gasteiger charge is -2.14. The molecule has 106 valence electrons. The van der Waals surface area contributed by atoms with Gasteiger partial charge in [-0.05, 0) is 37.1 Å². The maximum absolute atomic E-state index is 11.9. The zero-order valence-corrected chi connectivity index (χ0v) is 11.6. The topological polar surface area (TPSA) is 63.5 Å². The summed E-state index contributed by atoms with van der Waals surface area (Å²) in [6.45, 7) is 1.94. The highest BCUT2D eigenvalue weighted by Gasteiger charge is 2.09. The fourth-order valence-electron chi connectivity index (χ4n) is 1.91. The molecule has 0 aliphatic carbocycles. The minimum absolute atomic E-state index is 0.0122. The quantitative estimate of drug-likeness (QED) is 0.880. The van der Waals surface area contributed by atoms with Crippen LogP contribution in [0.2, 0.25) is 0 Å². The van der Waals surface area contributed by atoms with Crippen LogP contribution in [-0.4, -0.2) is 19.2 Å². The molecule has 0 aliphatic heterocycles. The minimum Gasteiger partial charge on any atom is -0.497 e. The molecular weight excluding hydrogens is 256 g/mol. The Balaban J connectivity index is 1.85. The third-order valence-electron chi connectivity index (χ3n) is 2.83. The van der Waals surface area contributed by atoms with E-state index in [9.17, 15) is 4.79 Å². The number of amides is 2. The van der Waals surface area contributed by atoms with Crippen LogP contribution in [0, 0.1) is 0 Å². The van der Waals surface area contributed by atoms with Gasteiger partial charge in [0.25, 0.3) is 0 Å². The standard InChI is InChI=1S/C15H18N2O3/c1-11(8-12-6-7-20-10-12)16-15(18)17-13-4-3-5-14(9-13)19-2/h3-7,9-11H,8H2,1-2H3,(H2,16,17,18). The SMILES string of the molecule is COc1cccc(NC(=O)NC(C)Cc2ccoc2)c1. The Morgan fingerprint density at radius 1 is 1.40 bits per heavy atom. The molecule has 0 radical (unpaired) electrons. The molecule has 0 saturated heterocycles. The number of carbonyl (C=O) groups excluding carboxylic acids is 1. The van der Waals surface area contributed by atoms with Crippen molar-refractivity contribution in [2.24, 2.45) is 0 Å². The zero-order chi connectivity index (χ0) is 14.4. The Hall–Kier alpha value is -2.43. The van der Waals surface area contributed by atoms with Gasteiger partial charge in [0.1, 0.15) is 5.75 Å². The van der Waals surface area contributed by atoms with Gasteiger partial charge in [-0.15, -0.1) is 0 Å². The maximum atomic E-state index is 11.9. The van der Waals surface area contributed by atoms with Crippen LogP contribution in [0.1, 0.15) is 12.5 Å². The molecule has 1 atom stereocenters. The summed E-state index contributed by atoms with van der Waals surface area (Å²) in [7, 11) is 1.59. The normalized spacial score (nSPS) is 11.7. The molecule has 2 aromatic rings. The lowest BCUT2D eigenvalue weighted by atomic mass is 10.1. The molecule has 0 bridgehead atoms. The highest BCUT2D eigenvalue weighted by molar-refractivity contribution is 5.89. The van der Waals surface area contributed by atoms with E-state index in [1.54, 1.807) is 25.7 Å². The van der Waals surface area contributed by atoms with Gasteiger partial charge >= 0.3 is 6.03 Å². The van der Waals surface area contributed by atoms with Crippen LogP contribution in [0.5, 0.6) is 5.75 Å². The van der Waals surface area contributed by atoms with E-state index in [0.29, 0.717) is 11.4 Å². The predicted molar refractivity (Wildman–Crippen MR) is 77.0 cm³/mol. The second-order valence-corrected chi connectivity index (χ2v) is 4.57. The number of rotatable bonds is 5. The molecule has 0 aliphatic rings. The number of benzene rings is 1. The van der Waals surface area contributed by atoms with E-state index in [2.05, 4.69) is 10.6 Å². The smallest absolute Gasteiger partial charge is 0.319 e. The first kappa shape index (κ1) is 14.0. The van der Waals surface area contributed by atoms with Crippen LogP contribution in [-0.2, 0) is 6.42 Å². The van der Waals surface area contributed by atoms with Crippen molar-refractivity contribution >= 4 is 11.7 Å². The first-order valence-electron chi connectivity index (χ1n) is 6.40. The van der Waals surface area contributed by atoms with Crippen molar-refractivity contribution in [2.75, 3.05) is 12.4 Å². The van der Waals surface area contributed by atoms with Crippen LogP contribution in [0.25, 0.3) is 0 Å². The lowest BCUT2D eigenvalue weighted by Crippen LogP contribution is -2.37. The average molecular weight is 274 g/mol. The molecule has 1 aromatic heterocycles. The predicted octanol–water partition coefficient (Wildman–Crippen LogP) is 3.04. The van der Waals surface area contributed by atoms with Crippen molar-refractivity contribution in [2.45, 2.75) is 19.4 Å². The largest absolute Gasteiger partial charge is 0.497 e. The molecule has 1 unspecified atom stereocenters. The molecule has 0 fully saturated rings. The molecule has 1 heterocycles. The van der Waals surface area contributed by atoms with E-state index in [1.807, 2.05) is 31.2 Å². The Morgan fingerprint density at radius 3 is 2.95 bits per heavy atom. The Bertz CT molecular complexity index is 552. The summed E-state index contributed by atoms with van der Waals surface area (Å²) in [4.78, 5) is 11.9. The zero-order valence-electron chi connectivity index (χ0n) is 11.6. The molecule has 2 N–H and O–H groups in total. The first-order valence-corrected chi connectivity index (χ1v) is 6.40. The van der Waals surface area contributed by atoms with E-state index >= 15 is 0 Å². The lowest BCUT2D eigenvalue weighted by molar-refractivity contribution is 0.249. The molecule has 5 nitrogen and oxygen atoms in total. The third-order valence-corrected chi connectivity index (χ3v) is 2.83. The number of anilines is 1. The monoisotopic (exact) mass is 274 g/mol. The molecule has 0 spiro atoms. The van der Waals surface area contributed by atoms with E-state index in [1.165, 1.54) is 0 Å². The van der Waals surface area contributed by atoms with Gasteiger partial charge in [-0.3, -0.25) is 0 Å². The van der Waals surface area contributed by atoms with Gasteiger partial charge in [0.2, 0.25) is 0 Å². The molecule has 0 saturated carbocycles. The number of furan rings is 1. The molecular formula is C15H18N2O3. The van der Waals surface area contributed by atoms with Gasteiger partial charge < -0.3 is 19.8 Å². The van der Waals surface area contributed by atoms with Gasteiger partial charge in [-0.25, -0.2) is 4.79 Å². The number of hydrogen-bond acceptors (Lipinski definition) is 3. The van der Waals surface area contributed by atoms with E-state index in [0.717, 1.165) is 12.0 Å². The summed E-state index contributed by atoms with van der Waals surface area (Å²) in [6, 6.07) is 8.88. The van der Waals surface area contributed by atoms with Crippen LogP contribution >= 0.6 is 0 Å². The Morgan fingerprint density at radius 2 is 2.25 bits per heavy atom. The van der Waals surface area contributed by atoms with Crippen molar-refractivity contribution in [1.82, 2.24) is 5.32 Å². The summed E-state index contributed by atoms with van der Waals surface area (Å²) >= 11 is 0. The highest BCUT2D eigenvalue weighted by atomic mass is 16.5. The van der Waals surface area contributed by atoms with Gasteiger partial charge in [0.15, 0.2) is 0 Å². The molecule has 5 heteroatoms. The summed E-state index contributed by atoms with van der Waals surface area (Å²) < 4.78 is 10.1. The van der Waals surface area contributed by atoms with Crippen molar-refractivity contribution in [3.8, 4) is 5.75 Å². The van der Waals surface area contributed by atoms with Crippen LogP contribution in [0.3, 0.4) is 0 Å².